The minimum Gasteiger partial charge on any atom is -0.396 e. The van der Waals surface area contributed by atoms with Crippen LogP contribution in [0.5, 0.6) is 0 Å². The molecule has 2 N–H and O–H groups in total. The zero-order chi connectivity index (χ0) is 11.5. The number of benzene rings is 1. The molecule has 1 aromatic carbocycles. The van der Waals surface area contributed by atoms with Crippen molar-refractivity contribution in [2.24, 2.45) is 0 Å². The molecule has 0 saturated carbocycles. The van der Waals surface area contributed by atoms with Crippen LogP contribution in [0.3, 0.4) is 0 Å². The second-order valence-electron chi connectivity index (χ2n) is 3.16. The molecule has 1 heterocycles. The number of nitrogens with two attached hydrogens (primary N) is 1. The van der Waals surface area contributed by atoms with E-state index in [1.54, 1.807) is 0 Å². The predicted octanol–water partition coefficient (Wildman–Crippen LogP) is 1.43. The zero-order valence-electron chi connectivity index (χ0n) is 8.22. The number of hydrogen-bond acceptors (Lipinski definition) is 4. The lowest BCUT2D eigenvalue weighted by molar-refractivity contribution is 0.103. The maximum absolute atomic E-state index is 13.1. The Morgan fingerprint density at radius 2 is 1.94 bits per heavy atom. The van der Waals surface area contributed by atoms with E-state index in [0.717, 1.165) is 0 Å². The SMILES string of the molecule is Nc1c(F)cccc1C(=O)c1cncnc1. The molecule has 5 heteroatoms. The minimum atomic E-state index is -0.609. The van der Waals surface area contributed by atoms with Crippen LogP contribution < -0.4 is 5.73 Å². The average molecular weight is 217 g/mol. The van der Waals surface area contributed by atoms with Crippen molar-refractivity contribution in [3.63, 3.8) is 0 Å². The Balaban J connectivity index is 2.46. The number of carbonyl (C=O) groups excluding carboxylic acids is 1. The van der Waals surface area contributed by atoms with Gasteiger partial charge in [-0.15, -0.1) is 0 Å². The van der Waals surface area contributed by atoms with Gasteiger partial charge in [-0.1, -0.05) is 6.07 Å². The molecule has 2 aromatic rings. The van der Waals surface area contributed by atoms with Crippen molar-refractivity contribution in [3.05, 3.63) is 53.9 Å². The van der Waals surface area contributed by atoms with Crippen LogP contribution in [-0.2, 0) is 0 Å². The molecule has 4 nitrogen and oxygen atoms in total. The Bertz CT molecular complexity index is 528. The molecule has 0 fully saturated rings. The molecular formula is C11H8FN3O. The molecule has 0 amide bonds. The van der Waals surface area contributed by atoms with Crippen molar-refractivity contribution >= 4 is 11.5 Å². The Morgan fingerprint density at radius 3 is 2.62 bits per heavy atom. The summed E-state index contributed by atoms with van der Waals surface area (Å²) in [4.78, 5) is 19.3. The normalized spacial score (nSPS) is 10.1. The number of halogens is 1. The van der Waals surface area contributed by atoms with Crippen LogP contribution >= 0.6 is 0 Å². The number of anilines is 1. The Kier molecular flexibility index (Phi) is 2.59. The summed E-state index contributed by atoms with van der Waals surface area (Å²) in [6.45, 7) is 0. The molecule has 80 valence electrons. The highest BCUT2D eigenvalue weighted by Gasteiger charge is 2.14. The van der Waals surface area contributed by atoms with E-state index in [0.29, 0.717) is 0 Å². The van der Waals surface area contributed by atoms with E-state index in [-0.39, 0.29) is 16.8 Å². The number of rotatable bonds is 2. The standard InChI is InChI=1S/C11H8FN3O/c12-9-3-1-2-8(10(9)13)11(16)7-4-14-6-15-5-7/h1-6H,13H2. The fraction of sp³-hybridized carbons (Fsp3) is 0. The van der Waals surface area contributed by atoms with E-state index in [2.05, 4.69) is 9.97 Å². The number of nitrogen functional groups attached to an aromatic ring is 1. The average Bonchev–Trinajstić information content (AvgIpc) is 2.33. The molecule has 2 rings (SSSR count). The molecule has 0 atom stereocenters. The molecule has 1 aromatic heterocycles. The quantitative estimate of drug-likeness (QED) is 0.610. The summed E-state index contributed by atoms with van der Waals surface area (Å²) in [5, 5.41) is 0. The first-order valence-electron chi connectivity index (χ1n) is 4.54. The van der Waals surface area contributed by atoms with Gasteiger partial charge in [0.25, 0.3) is 0 Å². The van der Waals surface area contributed by atoms with Gasteiger partial charge in [0.05, 0.1) is 11.3 Å². The molecule has 0 aliphatic heterocycles. The molecule has 0 aliphatic carbocycles. The topological polar surface area (TPSA) is 68.9 Å². The van der Waals surface area contributed by atoms with E-state index < -0.39 is 11.6 Å². The monoisotopic (exact) mass is 217 g/mol. The summed E-state index contributed by atoms with van der Waals surface area (Å²) < 4.78 is 13.1. The Morgan fingerprint density at radius 1 is 1.25 bits per heavy atom. The third-order valence-corrected chi connectivity index (χ3v) is 2.12. The molecule has 0 bridgehead atoms. The molecule has 0 unspecified atom stereocenters. The van der Waals surface area contributed by atoms with E-state index >= 15 is 0 Å². The second-order valence-corrected chi connectivity index (χ2v) is 3.16. The summed E-state index contributed by atoms with van der Waals surface area (Å²) in [5.74, 6) is -1.000. The van der Waals surface area contributed by atoms with Crippen LogP contribution in [-0.4, -0.2) is 15.8 Å². The summed E-state index contributed by atoms with van der Waals surface area (Å²) in [7, 11) is 0. The molecule has 0 spiro atoms. The number of para-hydroxylation sites is 1. The van der Waals surface area contributed by atoms with E-state index in [1.165, 1.54) is 36.9 Å². The van der Waals surface area contributed by atoms with Gasteiger partial charge in [-0.3, -0.25) is 4.79 Å². The maximum atomic E-state index is 13.1. The third-order valence-electron chi connectivity index (χ3n) is 2.12. The fourth-order valence-corrected chi connectivity index (χ4v) is 1.31. The van der Waals surface area contributed by atoms with Gasteiger partial charge in [0.15, 0.2) is 5.78 Å². The molecule has 0 aliphatic rings. The number of nitrogens with zero attached hydrogens (tertiary/aromatic N) is 2. The van der Waals surface area contributed by atoms with Crippen molar-refractivity contribution in [2.45, 2.75) is 0 Å². The van der Waals surface area contributed by atoms with E-state index in [1.807, 2.05) is 0 Å². The highest BCUT2D eigenvalue weighted by Crippen LogP contribution is 2.18. The number of aromatic nitrogens is 2. The number of hydrogen-bond donors (Lipinski definition) is 1. The minimum absolute atomic E-state index is 0.120. The molecular weight excluding hydrogens is 209 g/mol. The first-order valence-corrected chi connectivity index (χ1v) is 4.54. The van der Waals surface area contributed by atoms with Crippen molar-refractivity contribution in [1.82, 2.24) is 9.97 Å². The fourth-order valence-electron chi connectivity index (χ4n) is 1.31. The van der Waals surface area contributed by atoms with E-state index in [4.69, 9.17) is 5.73 Å². The highest BCUT2D eigenvalue weighted by molar-refractivity contribution is 6.11. The van der Waals surface area contributed by atoms with Crippen LogP contribution in [0.1, 0.15) is 15.9 Å². The van der Waals surface area contributed by atoms with Gasteiger partial charge in [-0.2, -0.15) is 0 Å². The summed E-state index contributed by atoms with van der Waals surface area (Å²) in [6, 6.07) is 4.10. The Labute approximate surface area is 91.0 Å². The Hall–Kier alpha value is -2.30. The van der Waals surface area contributed by atoms with Crippen LogP contribution in [0.25, 0.3) is 0 Å². The lowest BCUT2D eigenvalue weighted by atomic mass is 10.0. The van der Waals surface area contributed by atoms with Crippen molar-refractivity contribution < 1.29 is 9.18 Å². The molecule has 16 heavy (non-hydrogen) atoms. The van der Waals surface area contributed by atoms with Crippen LogP contribution in [0.15, 0.2) is 36.9 Å². The zero-order valence-corrected chi connectivity index (χ0v) is 8.22. The van der Waals surface area contributed by atoms with Gasteiger partial charge in [-0.05, 0) is 12.1 Å². The van der Waals surface area contributed by atoms with Crippen molar-refractivity contribution in [2.75, 3.05) is 5.73 Å². The van der Waals surface area contributed by atoms with Crippen LogP contribution in [0.2, 0.25) is 0 Å². The lowest BCUT2D eigenvalue weighted by Crippen LogP contribution is -2.07. The van der Waals surface area contributed by atoms with Gasteiger partial charge in [0, 0.05) is 18.0 Å². The highest BCUT2D eigenvalue weighted by atomic mass is 19.1. The van der Waals surface area contributed by atoms with Crippen LogP contribution in [0.4, 0.5) is 10.1 Å². The third kappa shape index (κ3) is 1.75. The smallest absolute Gasteiger partial charge is 0.198 e. The van der Waals surface area contributed by atoms with Gasteiger partial charge in [-0.25, -0.2) is 14.4 Å². The molecule has 0 radical (unpaired) electrons. The summed E-state index contributed by atoms with van der Waals surface area (Å²) >= 11 is 0. The molecule has 0 saturated heterocycles. The van der Waals surface area contributed by atoms with Crippen molar-refractivity contribution in [3.8, 4) is 0 Å². The van der Waals surface area contributed by atoms with Gasteiger partial charge < -0.3 is 5.73 Å². The number of ketones is 1. The van der Waals surface area contributed by atoms with Gasteiger partial charge in [0.2, 0.25) is 0 Å². The maximum Gasteiger partial charge on any atom is 0.198 e. The second kappa shape index (κ2) is 4.06. The van der Waals surface area contributed by atoms with Gasteiger partial charge >= 0.3 is 0 Å². The van der Waals surface area contributed by atoms with Crippen molar-refractivity contribution in [1.29, 1.82) is 0 Å². The van der Waals surface area contributed by atoms with E-state index in [9.17, 15) is 9.18 Å². The summed E-state index contributed by atoms with van der Waals surface area (Å²) in [6.07, 6.45) is 4.03. The predicted molar refractivity (Wildman–Crippen MR) is 56.3 cm³/mol. The largest absolute Gasteiger partial charge is 0.396 e. The number of carbonyl (C=O) groups is 1. The van der Waals surface area contributed by atoms with Crippen LogP contribution in [0, 0.1) is 5.82 Å². The van der Waals surface area contributed by atoms with Gasteiger partial charge in [0.1, 0.15) is 12.1 Å². The first-order chi connectivity index (χ1) is 7.70. The first kappa shape index (κ1) is 10.2. The lowest BCUT2D eigenvalue weighted by Gasteiger charge is -2.04. The summed E-state index contributed by atoms with van der Waals surface area (Å²) in [5.41, 5.74) is 5.73.